The average Bonchev–Trinajstić information content (AvgIpc) is 3.32. The number of H-pyrrole nitrogens is 1. The quantitative estimate of drug-likeness (QED) is 0.268. The highest BCUT2D eigenvalue weighted by Crippen LogP contribution is 2.41. The Balaban J connectivity index is 1.52. The molecule has 220 valence electrons. The fourth-order valence-electron chi connectivity index (χ4n) is 4.59. The number of aromatic nitrogens is 2. The van der Waals surface area contributed by atoms with Gasteiger partial charge in [0.1, 0.15) is 17.9 Å². The van der Waals surface area contributed by atoms with Crippen LogP contribution in [0.4, 0.5) is 4.39 Å². The van der Waals surface area contributed by atoms with E-state index in [1.54, 1.807) is 30.3 Å². The van der Waals surface area contributed by atoms with Crippen LogP contribution in [-0.4, -0.2) is 39.2 Å². The monoisotopic (exact) mass is 603 g/mol. The van der Waals surface area contributed by atoms with Gasteiger partial charge in [0.15, 0.2) is 12.3 Å². The molecule has 1 aromatic heterocycles. The van der Waals surface area contributed by atoms with Gasteiger partial charge in [0.2, 0.25) is 11.4 Å². The number of nitrogens with one attached hydrogen (secondary N) is 1. The van der Waals surface area contributed by atoms with E-state index in [4.69, 9.17) is 35.9 Å². The van der Waals surface area contributed by atoms with Crippen LogP contribution in [0.3, 0.4) is 0 Å². The molecule has 1 saturated heterocycles. The molecule has 0 bridgehead atoms. The van der Waals surface area contributed by atoms with Gasteiger partial charge in [0.25, 0.3) is 5.56 Å². The van der Waals surface area contributed by atoms with Crippen molar-refractivity contribution in [2.75, 3.05) is 6.61 Å². The zero-order valence-corrected chi connectivity index (χ0v) is 23.4. The third-order valence-electron chi connectivity index (χ3n) is 6.63. The lowest BCUT2D eigenvalue weighted by molar-refractivity contribution is -0.125. The molecule has 2 heterocycles. The molecule has 0 radical (unpaired) electrons. The molecule has 0 aliphatic carbocycles. The third-order valence-corrected chi connectivity index (χ3v) is 6.81. The molecule has 1 N–H and O–H groups in total. The van der Waals surface area contributed by atoms with Crippen molar-refractivity contribution < 1.29 is 28.1 Å². The van der Waals surface area contributed by atoms with Crippen molar-refractivity contribution in [1.29, 1.82) is 5.26 Å². The fourth-order valence-corrected chi connectivity index (χ4v) is 4.80. The summed E-state index contributed by atoms with van der Waals surface area (Å²) in [6.45, 7) is -0.163. The van der Waals surface area contributed by atoms with Gasteiger partial charge in [-0.3, -0.25) is 14.3 Å². The normalized spacial score (nSPS) is 21.2. The Hall–Kier alpha value is -4.67. The van der Waals surface area contributed by atoms with E-state index in [1.807, 2.05) is 65.6 Å². The first-order valence-electron chi connectivity index (χ1n) is 13.2. The number of halogens is 1. The predicted octanol–water partition coefficient (Wildman–Crippen LogP) is 4.02. The van der Waals surface area contributed by atoms with Crippen molar-refractivity contribution in [2.45, 2.75) is 37.3 Å². The lowest BCUT2D eigenvalue weighted by Crippen LogP contribution is -2.48. The van der Waals surface area contributed by atoms with Crippen LogP contribution in [0.25, 0.3) is 0 Å². The van der Waals surface area contributed by atoms with Crippen LogP contribution in [-0.2, 0) is 32.2 Å². The molecule has 10 nitrogen and oxygen atoms in total. The summed E-state index contributed by atoms with van der Waals surface area (Å²) in [5.41, 5.74) is -2.46. The van der Waals surface area contributed by atoms with E-state index in [2.05, 4.69) is 6.07 Å². The smallest absolute Gasteiger partial charge is 0.358 e. The summed E-state index contributed by atoms with van der Waals surface area (Å²) in [7, 11) is 0. The first-order valence-corrected chi connectivity index (χ1v) is 13.6. The number of hydrogen-bond donors (Lipinski definition) is 1. The number of thiocarbonyl (C=S) groups is 1. The van der Waals surface area contributed by atoms with Gasteiger partial charge >= 0.3 is 10.9 Å². The molecular weight excluding hydrogens is 577 g/mol. The number of nitriles is 1. The molecule has 4 aromatic rings. The molecule has 5 rings (SSSR count). The number of para-hydroxylation sites is 1. The molecule has 0 spiro atoms. The molecule has 0 unspecified atom stereocenters. The van der Waals surface area contributed by atoms with Crippen molar-refractivity contribution in [3.05, 3.63) is 135 Å². The molecule has 1 aliphatic heterocycles. The van der Waals surface area contributed by atoms with E-state index in [0.717, 1.165) is 15.7 Å². The molecule has 3 aromatic carbocycles. The van der Waals surface area contributed by atoms with E-state index in [1.165, 1.54) is 0 Å². The van der Waals surface area contributed by atoms with Crippen LogP contribution in [0.5, 0.6) is 5.75 Å². The first-order chi connectivity index (χ1) is 20.9. The van der Waals surface area contributed by atoms with Crippen molar-refractivity contribution in [3.8, 4) is 11.8 Å². The number of aromatic amines is 1. The van der Waals surface area contributed by atoms with Gasteiger partial charge in [0.05, 0.1) is 26.0 Å². The maximum atomic E-state index is 14.4. The zero-order chi connectivity index (χ0) is 30.2. The largest absolute Gasteiger partial charge is 0.445 e. The van der Waals surface area contributed by atoms with Crippen LogP contribution >= 0.6 is 12.2 Å². The summed E-state index contributed by atoms with van der Waals surface area (Å²) in [4.78, 5) is 26.6. The van der Waals surface area contributed by atoms with Gasteiger partial charge in [-0.15, -0.1) is 0 Å². The van der Waals surface area contributed by atoms with Gasteiger partial charge in [-0.2, -0.15) is 9.65 Å². The molecule has 43 heavy (non-hydrogen) atoms. The summed E-state index contributed by atoms with van der Waals surface area (Å²) >= 11 is 5.36. The minimum atomic E-state index is -1.87. The van der Waals surface area contributed by atoms with Gasteiger partial charge in [0, 0.05) is 12.2 Å². The fraction of sp³-hybridized carbons (Fsp3) is 0.226. The van der Waals surface area contributed by atoms with Gasteiger partial charge in [-0.05, 0) is 23.3 Å². The van der Waals surface area contributed by atoms with E-state index >= 15 is 0 Å². The van der Waals surface area contributed by atoms with Crippen LogP contribution in [0.15, 0.2) is 107 Å². The lowest BCUT2D eigenvalue weighted by Gasteiger charge is -2.29. The topological polar surface area (TPSA) is 125 Å². The SMILES string of the molecule is N#C[C@]1(COCc2ccccc2)O[C@@H](n2cc(F)c(=O)[nH]c2=O)[C@H](OC(=S)Oc2ccccc2)[C@@H]1OCc1ccccc1. The van der Waals surface area contributed by atoms with E-state index in [-0.39, 0.29) is 25.1 Å². The van der Waals surface area contributed by atoms with Crippen LogP contribution < -0.4 is 16.0 Å². The second-order valence-electron chi connectivity index (χ2n) is 9.60. The van der Waals surface area contributed by atoms with Crippen molar-refractivity contribution >= 4 is 17.5 Å². The van der Waals surface area contributed by atoms with Crippen molar-refractivity contribution in [2.24, 2.45) is 0 Å². The second-order valence-corrected chi connectivity index (χ2v) is 9.93. The van der Waals surface area contributed by atoms with Gasteiger partial charge in [-0.25, -0.2) is 4.79 Å². The molecule has 1 fully saturated rings. The minimum absolute atomic E-state index is 0.0186. The molecule has 1 aliphatic rings. The highest BCUT2D eigenvalue weighted by atomic mass is 32.1. The summed E-state index contributed by atoms with van der Waals surface area (Å²) in [5, 5.41) is 10.2. The molecular formula is C31H26FN3O7S. The van der Waals surface area contributed by atoms with Crippen LogP contribution in [0, 0.1) is 17.1 Å². The summed E-state index contributed by atoms with van der Waals surface area (Å²) in [5.74, 6) is -0.878. The lowest BCUT2D eigenvalue weighted by atomic mass is 9.97. The highest BCUT2D eigenvalue weighted by molar-refractivity contribution is 7.79. The Morgan fingerprint density at radius 2 is 1.58 bits per heavy atom. The molecule has 12 heteroatoms. The maximum Gasteiger partial charge on any atom is 0.358 e. The van der Waals surface area contributed by atoms with Crippen molar-refractivity contribution in [3.63, 3.8) is 0 Å². The third kappa shape index (κ3) is 7.04. The molecule has 0 amide bonds. The Labute approximate surface area is 250 Å². The summed E-state index contributed by atoms with van der Waals surface area (Å²) < 4.78 is 45.3. The number of benzene rings is 3. The highest BCUT2D eigenvalue weighted by Gasteiger charge is 2.60. The first kappa shape index (κ1) is 29.8. The number of nitrogens with zero attached hydrogens (tertiary/aromatic N) is 2. The Morgan fingerprint density at radius 1 is 0.977 bits per heavy atom. The number of ether oxygens (including phenoxy) is 5. The minimum Gasteiger partial charge on any atom is -0.445 e. The van der Waals surface area contributed by atoms with Crippen LogP contribution in [0.2, 0.25) is 0 Å². The number of rotatable bonds is 10. The van der Waals surface area contributed by atoms with Crippen molar-refractivity contribution in [1.82, 2.24) is 9.55 Å². The van der Waals surface area contributed by atoms with Crippen LogP contribution in [0.1, 0.15) is 17.4 Å². The molecule has 4 atom stereocenters. The maximum absolute atomic E-state index is 14.4. The Kier molecular flexibility index (Phi) is 9.38. The molecule has 0 saturated carbocycles. The Morgan fingerprint density at radius 3 is 2.21 bits per heavy atom. The zero-order valence-electron chi connectivity index (χ0n) is 22.6. The van der Waals surface area contributed by atoms with E-state index in [9.17, 15) is 19.2 Å². The number of hydrogen-bond acceptors (Lipinski definition) is 9. The second kappa shape index (κ2) is 13.5. The standard InChI is InChI=1S/C31H26FN3O7S/c32-24-16-35(29(37)34-27(24)36)28-25(41-30(43)40-23-14-8-3-9-15-23)26(39-18-22-12-6-2-7-13-22)31(19-33,42-28)20-38-17-21-10-4-1-5-11-21/h1-16,25-26,28H,17-18,20H2,(H,34,36,37)/t25-,26+,28-,31-/m1/s1. The van der Waals surface area contributed by atoms with E-state index in [0.29, 0.717) is 11.9 Å². The predicted molar refractivity (Wildman–Crippen MR) is 155 cm³/mol. The van der Waals surface area contributed by atoms with Gasteiger partial charge < -0.3 is 23.7 Å². The van der Waals surface area contributed by atoms with Gasteiger partial charge in [-0.1, -0.05) is 78.9 Å². The van der Waals surface area contributed by atoms with E-state index < -0.39 is 41.1 Å². The average molecular weight is 604 g/mol. The summed E-state index contributed by atoms with van der Waals surface area (Å²) in [6.07, 6.45) is -3.38. The summed E-state index contributed by atoms with van der Waals surface area (Å²) in [6, 6.07) is 29.1. The Bertz CT molecular complexity index is 1700.